The van der Waals surface area contributed by atoms with E-state index in [2.05, 4.69) is 46.8 Å². The Kier molecular flexibility index (Phi) is 3.47. The minimum absolute atomic E-state index is 0.0569. The molecule has 0 spiro atoms. The van der Waals surface area contributed by atoms with Crippen LogP contribution in [0.4, 0.5) is 0 Å². The first-order valence-electron chi connectivity index (χ1n) is 8.24. The van der Waals surface area contributed by atoms with Gasteiger partial charge in [0.2, 0.25) is 0 Å². The molecular formula is C19H23N3. The molecule has 114 valence electrons. The van der Waals surface area contributed by atoms with Crippen molar-refractivity contribution in [3.8, 4) is 0 Å². The van der Waals surface area contributed by atoms with Crippen LogP contribution in [0.15, 0.2) is 49.2 Å². The fourth-order valence-electron chi connectivity index (χ4n) is 4.37. The maximum absolute atomic E-state index is 6.71. The topological polar surface area (TPSA) is 42.1 Å². The lowest BCUT2D eigenvalue weighted by Gasteiger charge is -2.51. The summed E-state index contributed by atoms with van der Waals surface area (Å²) in [5, 5.41) is 1.19. The van der Waals surface area contributed by atoms with E-state index in [1.165, 1.54) is 30.3 Å². The van der Waals surface area contributed by atoms with E-state index in [1.54, 1.807) is 0 Å². The molecule has 2 N–H and O–H groups in total. The SMILES string of the molecule is C=CC1CN2CCC1CC2[C@@H](N)c1ccnc2ccccc12. The van der Waals surface area contributed by atoms with Gasteiger partial charge in [0.25, 0.3) is 0 Å². The number of nitrogens with two attached hydrogens (primary N) is 1. The molecule has 3 aliphatic heterocycles. The quantitative estimate of drug-likeness (QED) is 0.884. The van der Waals surface area contributed by atoms with Gasteiger partial charge in [-0.2, -0.15) is 0 Å². The van der Waals surface area contributed by atoms with Crippen LogP contribution in [0.25, 0.3) is 10.9 Å². The van der Waals surface area contributed by atoms with Crippen molar-refractivity contribution in [2.24, 2.45) is 17.6 Å². The standard InChI is InChI=1S/C19H23N3/c1-2-13-12-22-10-8-14(13)11-18(22)19(20)16-7-9-21-17-6-4-3-5-15(16)17/h2-7,9,13-14,18-19H,1,8,10-12,20H2/t13?,14?,18?,19-/m0/s1. The van der Waals surface area contributed by atoms with E-state index >= 15 is 0 Å². The molecule has 3 aliphatic rings. The van der Waals surface area contributed by atoms with Crippen molar-refractivity contribution in [3.63, 3.8) is 0 Å². The first kappa shape index (κ1) is 13.9. The number of para-hydroxylation sites is 1. The molecule has 0 saturated carbocycles. The predicted molar refractivity (Wildman–Crippen MR) is 90.4 cm³/mol. The largest absolute Gasteiger partial charge is 0.323 e. The van der Waals surface area contributed by atoms with Crippen LogP contribution in [0.5, 0.6) is 0 Å². The van der Waals surface area contributed by atoms with E-state index in [4.69, 9.17) is 5.73 Å². The average molecular weight is 293 g/mol. The third-order valence-electron chi connectivity index (χ3n) is 5.61. The monoisotopic (exact) mass is 293 g/mol. The molecule has 2 aromatic rings. The highest BCUT2D eigenvalue weighted by Gasteiger charge is 2.41. The molecule has 3 fully saturated rings. The second kappa shape index (κ2) is 5.49. The van der Waals surface area contributed by atoms with Crippen LogP contribution < -0.4 is 5.73 Å². The summed E-state index contributed by atoms with van der Waals surface area (Å²) in [5.41, 5.74) is 8.99. The first-order valence-corrected chi connectivity index (χ1v) is 8.24. The summed E-state index contributed by atoms with van der Waals surface area (Å²) in [6, 6.07) is 10.9. The third kappa shape index (κ3) is 2.16. The molecule has 0 radical (unpaired) electrons. The lowest BCUT2D eigenvalue weighted by molar-refractivity contribution is 0.00749. The Hall–Kier alpha value is -1.71. The second-order valence-corrected chi connectivity index (χ2v) is 6.69. The summed E-state index contributed by atoms with van der Waals surface area (Å²) in [5.74, 6) is 1.40. The van der Waals surface area contributed by atoms with Gasteiger partial charge in [0.15, 0.2) is 0 Å². The molecule has 0 aliphatic carbocycles. The van der Waals surface area contributed by atoms with Crippen LogP contribution in [-0.4, -0.2) is 29.0 Å². The predicted octanol–water partition coefficient (Wildman–Crippen LogP) is 3.13. The molecule has 2 bridgehead atoms. The zero-order chi connectivity index (χ0) is 15.1. The Morgan fingerprint density at radius 2 is 2.18 bits per heavy atom. The minimum Gasteiger partial charge on any atom is -0.323 e. The molecule has 1 aromatic carbocycles. The zero-order valence-electron chi connectivity index (χ0n) is 12.9. The van der Waals surface area contributed by atoms with Crippen molar-refractivity contribution < 1.29 is 0 Å². The number of rotatable bonds is 3. The van der Waals surface area contributed by atoms with E-state index in [9.17, 15) is 0 Å². The van der Waals surface area contributed by atoms with Gasteiger partial charge in [0.05, 0.1) is 5.52 Å². The Labute approximate surface area is 131 Å². The van der Waals surface area contributed by atoms with Crippen LogP contribution in [-0.2, 0) is 0 Å². The summed E-state index contributed by atoms with van der Waals surface area (Å²) in [4.78, 5) is 7.04. The highest BCUT2D eigenvalue weighted by molar-refractivity contribution is 5.82. The van der Waals surface area contributed by atoms with Crippen molar-refractivity contribution in [2.75, 3.05) is 13.1 Å². The maximum Gasteiger partial charge on any atom is 0.0705 e. The molecule has 22 heavy (non-hydrogen) atoms. The Morgan fingerprint density at radius 1 is 1.32 bits per heavy atom. The van der Waals surface area contributed by atoms with Crippen molar-refractivity contribution in [1.82, 2.24) is 9.88 Å². The number of pyridine rings is 1. The molecule has 0 amide bonds. The third-order valence-corrected chi connectivity index (χ3v) is 5.61. The van der Waals surface area contributed by atoms with Crippen LogP contribution in [0.2, 0.25) is 0 Å². The summed E-state index contributed by atoms with van der Waals surface area (Å²) < 4.78 is 0. The number of fused-ring (bicyclic) bond motifs is 4. The zero-order valence-corrected chi connectivity index (χ0v) is 12.9. The van der Waals surface area contributed by atoms with Gasteiger partial charge in [-0.3, -0.25) is 9.88 Å². The van der Waals surface area contributed by atoms with E-state index in [1.807, 2.05) is 12.3 Å². The molecule has 3 saturated heterocycles. The highest BCUT2D eigenvalue weighted by atomic mass is 15.2. The smallest absolute Gasteiger partial charge is 0.0705 e. The van der Waals surface area contributed by atoms with E-state index in [-0.39, 0.29) is 6.04 Å². The maximum atomic E-state index is 6.71. The van der Waals surface area contributed by atoms with Gasteiger partial charge in [0.1, 0.15) is 0 Å². The van der Waals surface area contributed by atoms with Crippen molar-refractivity contribution in [2.45, 2.75) is 24.9 Å². The fourth-order valence-corrected chi connectivity index (χ4v) is 4.37. The van der Waals surface area contributed by atoms with Gasteiger partial charge >= 0.3 is 0 Å². The Morgan fingerprint density at radius 3 is 2.95 bits per heavy atom. The van der Waals surface area contributed by atoms with Crippen LogP contribution >= 0.6 is 0 Å². The minimum atomic E-state index is 0.0569. The van der Waals surface area contributed by atoms with Crippen LogP contribution in [0.3, 0.4) is 0 Å². The Balaban J connectivity index is 1.67. The fraction of sp³-hybridized carbons (Fsp3) is 0.421. The number of hydrogen-bond acceptors (Lipinski definition) is 3. The number of piperidine rings is 3. The normalized spacial score (nSPS) is 32.0. The van der Waals surface area contributed by atoms with Crippen molar-refractivity contribution in [3.05, 3.63) is 54.7 Å². The highest BCUT2D eigenvalue weighted by Crippen LogP contribution is 2.41. The first-order chi connectivity index (χ1) is 10.8. The van der Waals surface area contributed by atoms with Gasteiger partial charge in [0, 0.05) is 30.2 Å². The lowest BCUT2D eigenvalue weighted by atomic mass is 9.73. The molecule has 3 heteroatoms. The molecule has 5 atom stereocenters. The summed E-state index contributed by atoms with van der Waals surface area (Å²) in [6.07, 6.45) is 6.51. The lowest BCUT2D eigenvalue weighted by Crippen LogP contribution is -2.56. The van der Waals surface area contributed by atoms with E-state index in [0.717, 1.165) is 18.0 Å². The van der Waals surface area contributed by atoms with Gasteiger partial charge in [-0.1, -0.05) is 24.3 Å². The second-order valence-electron chi connectivity index (χ2n) is 6.69. The number of hydrogen-bond donors (Lipinski definition) is 1. The van der Waals surface area contributed by atoms with Gasteiger partial charge in [-0.15, -0.1) is 6.58 Å². The van der Waals surface area contributed by atoms with E-state index in [0.29, 0.717) is 12.0 Å². The molecular weight excluding hydrogens is 270 g/mol. The molecule has 1 aromatic heterocycles. The average Bonchev–Trinajstić information content (AvgIpc) is 2.60. The van der Waals surface area contributed by atoms with Gasteiger partial charge in [-0.25, -0.2) is 0 Å². The van der Waals surface area contributed by atoms with Crippen LogP contribution in [0, 0.1) is 11.8 Å². The van der Waals surface area contributed by atoms with Crippen LogP contribution in [0.1, 0.15) is 24.4 Å². The molecule has 4 heterocycles. The summed E-state index contributed by atoms with van der Waals surface area (Å²) in [6.45, 7) is 6.30. The van der Waals surface area contributed by atoms with Gasteiger partial charge in [-0.05, 0) is 48.9 Å². The summed E-state index contributed by atoms with van der Waals surface area (Å²) >= 11 is 0. The van der Waals surface area contributed by atoms with E-state index < -0.39 is 0 Å². The molecule has 3 nitrogen and oxygen atoms in total. The van der Waals surface area contributed by atoms with Crippen molar-refractivity contribution >= 4 is 10.9 Å². The van der Waals surface area contributed by atoms with Gasteiger partial charge < -0.3 is 5.73 Å². The molecule has 5 rings (SSSR count). The number of benzene rings is 1. The number of nitrogens with zero attached hydrogens (tertiary/aromatic N) is 2. The summed E-state index contributed by atoms with van der Waals surface area (Å²) in [7, 11) is 0. The Bertz CT molecular complexity index is 691. The number of aromatic nitrogens is 1. The van der Waals surface area contributed by atoms with Crippen molar-refractivity contribution in [1.29, 1.82) is 0 Å². The molecule has 4 unspecified atom stereocenters.